The molecule has 2 heterocycles. The number of nitrogens with two attached hydrogens (primary N) is 1. The second-order valence-corrected chi connectivity index (χ2v) is 8.81. The Morgan fingerprint density at radius 2 is 1.79 bits per heavy atom. The van der Waals surface area contributed by atoms with Crippen molar-refractivity contribution in [3.8, 4) is 0 Å². The molecule has 5 nitrogen and oxygen atoms in total. The fraction of sp³-hybridized carbons (Fsp3) is 0.444. The molecule has 1 atom stereocenters. The first-order valence-corrected chi connectivity index (χ1v) is 9.81. The number of rotatable bonds is 2. The zero-order chi connectivity index (χ0) is 16.8. The quantitative estimate of drug-likeness (QED) is 0.904. The Bertz CT molecular complexity index is 857. The van der Waals surface area contributed by atoms with Gasteiger partial charge in [0.2, 0.25) is 10.0 Å². The van der Waals surface area contributed by atoms with Crippen molar-refractivity contribution in [2.24, 2.45) is 5.73 Å². The first kappa shape index (κ1) is 16.0. The highest BCUT2D eigenvalue weighted by Crippen LogP contribution is 2.37. The summed E-state index contributed by atoms with van der Waals surface area (Å²) in [6, 6.07) is 13.2. The van der Waals surface area contributed by atoms with E-state index in [1.165, 1.54) is 0 Å². The highest BCUT2D eigenvalue weighted by molar-refractivity contribution is 7.89. The number of hydrogen-bond donors (Lipinski definition) is 1. The standard InChI is InChI=1S/C18H22N2O3S/c19-16-12-18(23-13-16)7-9-20(10-8-18)24(21,22)17-6-5-14-3-1-2-4-15(14)11-17/h1-6,11,16H,7-10,12-13,19H2/t16-/m0/s1. The van der Waals surface area contributed by atoms with Crippen LogP contribution in [-0.2, 0) is 14.8 Å². The molecule has 0 aromatic heterocycles. The van der Waals surface area contributed by atoms with Crippen molar-refractivity contribution in [2.75, 3.05) is 19.7 Å². The minimum atomic E-state index is -3.47. The van der Waals surface area contributed by atoms with E-state index in [2.05, 4.69) is 0 Å². The van der Waals surface area contributed by atoms with Crippen LogP contribution in [0.1, 0.15) is 19.3 Å². The van der Waals surface area contributed by atoms with Gasteiger partial charge in [-0.25, -0.2) is 8.42 Å². The zero-order valence-corrected chi connectivity index (χ0v) is 14.3. The SMILES string of the molecule is N[C@@H]1COC2(CCN(S(=O)(=O)c3ccc4ccccc4c3)CC2)C1. The monoisotopic (exact) mass is 346 g/mol. The number of fused-ring (bicyclic) bond motifs is 1. The number of benzene rings is 2. The Morgan fingerprint density at radius 1 is 1.08 bits per heavy atom. The molecule has 24 heavy (non-hydrogen) atoms. The molecule has 2 aliphatic rings. The number of piperidine rings is 1. The molecule has 2 aliphatic heterocycles. The van der Waals surface area contributed by atoms with Gasteiger partial charge in [-0.05, 0) is 42.2 Å². The molecule has 0 amide bonds. The summed E-state index contributed by atoms with van der Waals surface area (Å²) in [4.78, 5) is 0.362. The molecule has 4 rings (SSSR count). The van der Waals surface area contributed by atoms with Crippen LogP contribution in [0.3, 0.4) is 0 Å². The molecule has 2 fully saturated rings. The summed E-state index contributed by atoms with van der Waals surface area (Å²) in [5, 5.41) is 1.99. The van der Waals surface area contributed by atoms with Crippen LogP contribution in [0.4, 0.5) is 0 Å². The van der Waals surface area contributed by atoms with E-state index in [4.69, 9.17) is 10.5 Å². The van der Waals surface area contributed by atoms with Crippen LogP contribution in [0.15, 0.2) is 47.4 Å². The third kappa shape index (κ3) is 2.73. The molecule has 2 N–H and O–H groups in total. The van der Waals surface area contributed by atoms with Gasteiger partial charge in [0, 0.05) is 19.1 Å². The Hall–Kier alpha value is -1.47. The number of sulfonamides is 1. The van der Waals surface area contributed by atoms with Gasteiger partial charge >= 0.3 is 0 Å². The van der Waals surface area contributed by atoms with Gasteiger partial charge in [0.1, 0.15) is 0 Å². The molecule has 6 heteroatoms. The van der Waals surface area contributed by atoms with Crippen LogP contribution in [0.2, 0.25) is 0 Å². The van der Waals surface area contributed by atoms with E-state index in [-0.39, 0.29) is 11.6 Å². The molecule has 2 aromatic rings. The Kier molecular flexibility index (Phi) is 3.88. The van der Waals surface area contributed by atoms with Crippen LogP contribution in [0.5, 0.6) is 0 Å². The molecule has 0 saturated carbocycles. The molecule has 2 saturated heterocycles. The predicted molar refractivity (Wildman–Crippen MR) is 93.2 cm³/mol. The lowest BCUT2D eigenvalue weighted by atomic mass is 9.88. The third-order valence-electron chi connectivity index (χ3n) is 5.23. The van der Waals surface area contributed by atoms with Crippen molar-refractivity contribution in [3.63, 3.8) is 0 Å². The highest BCUT2D eigenvalue weighted by Gasteiger charge is 2.43. The van der Waals surface area contributed by atoms with E-state index in [1.807, 2.05) is 30.3 Å². The van der Waals surface area contributed by atoms with Gasteiger partial charge in [-0.2, -0.15) is 4.31 Å². The van der Waals surface area contributed by atoms with E-state index in [9.17, 15) is 8.42 Å². The third-order valence-corrected chi connectivity index (χ3v) is 7.12. The van der Waals surface area contributed by atoms with Crippen molar-refractivity contribution in [3.05, 3.63) is 42.5 Å². The molecule has 1 spiro atoms. The van der Waals surface area contributed by atoms with Gasteiger partial charge < -0.3 is 10.5 Å². The van der Waals surface area contributed by atoms with Crippen LogP contribution in [-0.4, -0.2) is 44.1 Å². The normalized spacial score (nSPS) is 24.6. The van der Waals surface area contributed by atoms with Crippen LogP contribution < -0.4 is 5.73 Å². The highest BCUT2D eigenvalue weighted by atomic mass is 32.2. The molecule has 2 aromatic carbocycles. The second kappa shape index (κ2) is 5.81. The van der Waals surface area contributed by atoms with Gasteiger partial charge in [-0.1, -0.05) is 30.3 Å². The van der Waals surface area contributed by atoms with Crippen molar-refractivity contribution >= 4 is 20.8 Å². The average molecular weight is 346 g/mol. The average Bonchev–Trinajstić information content (AvgIpc) is 2.95. The van der Waals surface area contributed by atoms with Crippen molar-refractivity contribution < 1.29 is 13.2 Å². The molecule has 0 radical (unpaired) electrons. The summed E-state index contributed by atoms with van der Waals surface area (Å²) < 4.78 is 33.4. The number of nitrogens with zero attached hydrogens (tertiary/aromatic N) is 1. The van der Waals surface area contributed by atoms with E-state index < -0.39 is 10.0 Å². The zero-order valence-electron chi connectivity index (χ0n) is 13.5. The predicted octanol–water partition coefficient (Wildman–Crippen LogP) is 2.11. The summed E-state index contributed by atoms with van der Waals surface area (Å²) >= 11 is 0. The van der Waals surface area contributed by atoms with Crippen LogP contribution in [0.25, 0.3) is 10.8 Å². The minimum Gasteiger partial charge on any atom is -0.373 e. The molecule has 0 bridgehead atoms. The molecular weight excluding hydrogens is 324 g/mol. The second-order valence-electron chi connectivity index (χ2n) is 6.87. The van der Waals surface area contributed by atoms with Gasteiger partial charge in [0.05, 0.1) is 17.1 Å². The first-order valence-electron chi connectivity index (χ1n) is 8.37. The Balaban J connectivity index is 1.56. The first-order chi connectivity index (χ1) is 11.5. The number of ether oxygens (including phenoxy) is 1. The van der Waals surface area contributed by atoms with Gasteiger partial charge in [0.25, 0.3) is 0 Å². The van der Waals surface area contributed by atoms with Gasteiger partial charge in [0.15, 0.2) is 0 Å². The maximum atomic E-state index is 13.0. The maximum absolute atomic E-state index is 13.0. The van der Waals surface area contributed by atoms with E-state index in [1.54, 1.807) is 16.4 Å². The van der Waals surface area contributed by atoms with Crippen LogP contribution >= 0.6 is 0 Å². The smallest absolute Gasteiger partial charge is 0.243 e. The maximum Gasteiger partial charge on any atom is 0.243 e. The fourth-order valence-corrected chi connectivity index (χ4v) is 5.32. The fourth-order valence-electron chi connectivity index (χ4n) is 3.84. The summed E-state index contributed by atoms with van der Waals surface area (Å²) in [5.41, 5.74) is 5.73. The van der Waals surface area contributed by atoms with Crippen molar-refractivity contribution in [1.29, 1.82) is 0 Å². The molecule has 128 valence electrons. The minimum absolute atomic E-state index is 0.0774. The molecule has 0 unspecified atom stereocenters. The lowest BCUT2D eigenvalue weighted by Crippen LogP contribution is -2.46. The van der Waals surface area contributed by atoms with Crippen LogP contribution in [0, 0.1) is 0 Å². The van der Waals surface area contributed by atoms with E-state index >= 15 is 0 Å². The summed E-state index contributed by atoms with van der Waals surface area (Å²) in [5.74, 6) is 0. The Morgan fingerprint density at radius 3 is 2.46 bits per heavy atom. The summed E-state index contributed by atoms with van der Waals surface area (Å²) in [6.07, 6.45) is 2.26. The summed E-state index contributed by atoms with van der Waals surface area (Å²) in [6.45, 7) is 1.56. The molecular formula is C18H22N2O3S. The lowest BCUT2D eigenvalue weighted by Gasteiger charge is -2.37. The number of hydrogen-bond acceptors (Lipinski definition) is 4. The van der Waals surface area contributed by atoms with E-state index in [0.29, 0.717) is 37.4 Å². The van der Waals surface area contributed by atoms with Gasteiger partial charge in [-0.15, -0.1) is 0 Å². The Labute approximate surface area is 142 Å². The van der Waals surface area contributed by atoms with Crippen molar-refractivity contribution in [2.45, 2.75) is 35.8 Å². The molecule has 0 aliphatic carbocycles. The largest absolute Gasteiger partial charge is 0.373 e. The van der Waals surface area contributed by atoms with Gasteiger partial charge in [-0.3, -0.25) is 0 Å². The van der Waals surface area contributed by atoms with E-state index in [0.717, 1.165) is 17.2 Å². The summed E-state index contributed by atoms with van der Waals surface area (Å²) in [7, 11) is -3.47. The topological polar surface area (TPSA) is 72.6 Å². The lowest BCUT2D eigenvalue weighted by molar-refractivity contribution is -0.0310. The van der Waals surface area contributed by atoms with Crippen molar-refractivity contribution in [1.82, 2.24) is 4.31 Å².